The molecule has 3 aromatic rings. The number of rotatable bonds is 4. The van der Waals surface area contributed by atoms with Crippen LogP contribution in [0.4, 0.5) is 5.69 Å². The maximum absolute atomic E-state index is 13.3. The summed E-state index contributed by atoms with van der Waals surface area (Å²) in [5.41, 5.74) is 5.06. The molecule has 0 atom stereocenters. The molecule has 154 valence electrons. The van der Waals surface area contributed by atoms with E-state index in [9.17, 15) is 9.59 Å². The number of piperazine rings is 1. The van der Waals surface area contributed by atoms with Gasteiger partial charge >= 0.3 is 0 Å². The lowest BCUT2D eigenvalue weighted by Gasteiger charge is -2.36. The summed E-state index contributed by atoms with van der Waals surface area (Å²) in [7, 11) is 0. The van der Waals surface area contributed by atoms with Crippen molar-refractivity contribution in [3.63, 3.8) is 0 Å². The molecule has 2 heterocycles. The average molecular weight is 402 g/mol. The van der Waals surface area contributed by atoms with E-state index in [4.69, 9.17) is 0 Å². The summed E-state index contributed by atoms with van der Waals surface area (Å²) in [6.07, 6.45) is 0. The lowest BCUT2D eigenvalue weighted by atomic mass is 10.1. The predicted molar refractivity (Wildman–Crippen MR) is 118 cm³/mol. The maximum atomic E-state index is 13.3. The third-order valence-electron chi connectivity index (χ3n) is 5.71. The summed E-state index contributed by atoms with van der Waals surface area (Å²) in [5.74, 6) is 0.109. The fourth-order valence-electron chi connectivity index (χ4n) is 4.01. The Balaban J connectivity index is 1.47. The first-order valence-corrected chi connectivity index (χ1v) is 10.2. The van der Waals surface area contributed by atoms with Crippen molar-refractivity contribution in [1.29, 1.82) is 0 Å². The van der Waals surface area contributed by atoms with E-state index in [1.807, 2.05) is 78.0 Å². The van der Waals surface area contributed by atoms with Gasteiger partial charge in [0.25, 0.3) is 5.91 Å². The third kappa shape index (κ3) is 3.73. The Morgan fingerprint density at radius 2 is 1.47 bits per heavy atom. The van der Waals surface area contributed by atoms with Crippen molar-refractivity contribution in [2.45, 2.75) is 20.8 Å². The summed E-state index contributed by atoms with van der Waals surface area (Å²) in [6, 6.07) is 17.6. The highest BCUT2D eigenvalue weighted by Gasteiger charge is 2.27. The Morgan fingerprint density at radius 3 is 2.07 bits per heavy atom. The molecule has 1 amide bonds. The number of benzene rings is 2. The van der Waals surface area contributed by atoms with Crippen LogP contribution in [0.1, 0.15) is 39.0 Å². The molecule has 1 aliphatic rings. The first kappa shape index (κ1) is 19.9. The number of nitrogens with zero attached hydrogens (tertiary/aromatic N) is 4. The second-order valence-electron chi connectivity index (χ2n) is 7.68. The summed E-state index contributed by atoms with van der Waals surface area (Å²) in [6.45, 7) is 8.25. The largest absolute Gasteiger partial charge is 0.368 e. The molecule has 1 aromatic heterocycles. The van der Waals surface area contributed by atoms with Crippen LogP contribution in [0.2, 0.25) is 0 Å². The van der Waals surface area contributed by atoms with E-state index < -0.39 is 0 Å². The topological polar surface area (TPSA) is 58.4 Å². The van der Waals surface area contributed by atoms with Crippen LogP contribution in [-0.4, -0.2) is 52.5 Å². The monoisotopic (exact) mass is 402 g/mol. The van der Waals surface area contributed by atoms with E-state index >= 15 is 0 Å². The molecule has 0 saturated carbocycles. The van der Waals surface area contributed by atoms with Gasteiger partial charge in [0.1, 0.15) is 0 Å². The zero-order valence-corrected chi connectivity index (χ0v) is 17.6. The lowest BCUT2D eigenvalue weighted by molar-refractivity contribution is 0.0745. The number of hydrogen-bond acceptors (Lipinski definition) is 4. The zero-order chi connectivity index (χ0) is 21.3. The Hall–Kier alpha value is -3.41. The van der Waals surface area contributed by atoms with Gasteiger partial charge in [-0.2, -0.15) is 5.10 Å². The number of para-hydroxylation sites is 1. The van der Waals surface area contributed by atoms with Crippen molar-refractivity contribution in [3.8, 4) is 5.69 Å². The number of anilines is 1. The van der Waals surface area contributed by atoms with Gasteiger partial charge in [-0.1, -0.05) is 18.2 Å². The van der Waals surface area contributed by atoms with Crippen LogP contribution in [0.15, 0.2) is 54.6 Å². The van der Waals surface area contributed by atoms with E-state index in [0.717, 1.165) is 35.9 Å². The second kappa shape index (κ2) is 8.14. The SMILES string of the molecule is CC(=O)c1ccc(N2CCN(C(=O)c3c(C)nn(-c4ccccc4)c3C)CC2)cc1. The smallest absolute Gasteiger partial charge is 0.257 e. The summed E-state index contributed by atoms with van der Waals surface area (Å²) < 4.78 is 1.84. The standard InChI is InChI=1S/C24H26N4O2/c1-17-23(18(2)28(25-17)22-7-5-4-6-8-22)24(30)27-15-13-26(14-16-27)21-11-9-20(10-12-21)19(3)29/h4-12H,13-16H2,1-3H3. The van der Waals surface area contributed by atoms with E-state index in [1.165, 1.54) is 0 Å². The van der Waals surface area contributed by atoms with Gasteiger partial charge in [0.15, 0.2) is 5.78 Å². The zero-order valence-electron chi connectivity index (χ0n) is 17.6. The fraction of sp³-hybridized carbons (Fsp3) is 0.292. The lowest BCUT2D eigenvalue weighted by Crippen LogP contribution is -2.49. The maximum Gasteiger partial charge on any atom is 0.257 e. The molecule has 0 N–H and O–H groups in total. The van der Waals surface area contributed by atoms with Gasteiger partial charge in [0.2, 0.25) is 0 Å². The minimum Gasteiger partial charge on any atom is -0.368 e. The van der Waals surface area contributed by atoms with Crippen LogP contribution in [0.5, 0.6) is 0 Å². The molecule has 0 radical (unpaired) electrons. The first-order valence-electron chi connectivity index (χ1n) is 10.2. The van der Waals surface area contributed by atoms with Gasteiger partial charge in [-0.05, 0) is 57.2 Å². The van der Waals surface area contributed by atoms with Crippen LogP contribution < -0.4 is 4.90 Å². The van der Waals surface area contributed by atoms with Crippen LogP contribution in [-0.2, 0) is 0 Å². The second-order valence-corrected chi connectivity index (χ2v) is 7.68. The van der Waals surface area contributed by atoms with Gasteiger partial charge in [-0.3, -0.25) is 9.59 Å². The minimum absolute atomic E-state index is 0.0405. The molecule has 1 aliphatic heterocycles. The highest BCUT2D eigenvalue weighted by atomic mass is 16.2. The highest BCUT2D eigenvalue weighted by molar-refractivity contribution is 5.97. The first-order chi connectivity index (χ1) is 14.5. The molecule has 30 heavy (non-hydrogen) atoms. The van der Waals surface area contributed by atoms with Crippen LogP contribution in [0, 0.1) is 13.8 Å². The molecule has 0 aliphatic carbocycles. The van der Waals surface area contributed by atoms with Crippen molar-refractivity contribution >= 4 is 17.4 Å². The molecule has 0 unspecified atom stereocenters. The molecule has 6 heteroatoms. The predicted octanol–water partition coefficient (Wildman–Crippen LogP) is 3.65. The summed E-state index contributed by atoms with van der Waals surface area (Å²) in [5, 5.41) is 4.61. The number of aromatic nitrogens is 2. The molecule has 0 spiro atoms. The molecular formula is C24H26N4O2. The number of Topliss-reactive ketones (excluding diaryl/α,β-unsaturated/α-hetero) is 1. The summed E-state index contributed by atoms with van der Waals surface area (Å²) in [4.78, 5) is 28.9. The normalized spacial score (nSPS) is 14.1. The van der Waals surface area contributed by atoms with Crippen LogP contribution in [0.25, 0.3) is 5.69 Å². The molecule has 6 nitrogen and oxygen atoms in total. The number of carbonyl (C=O) groups is 2. The van der Waals surface area contributed by atoms with E-state index in [1.54, 1.807) is 6.92 Å². The Kier molecular flexibility index (Phi) is 5.40. The van der Waals surface area contributed by atoms with Crippen molar-refractivity contribution < 1.29 is 9.59 Å². The summed E-state index contributed by atoms with van der Waals surface area (Å²) >= 11 is 0. The molecule has 2 aromatic carbocycles. The Morgan fingerprint density at radius 1 is 0.833 bits per heavy atom. The van der Waals surface area contributed by atoms with E-state index in [0.29, 0.717) is 24.2 Å². The van der Waals surface area contributed by atoms with E-state index in [2.05, 4.69) is 10.00 Å². The number of carbonyl (C=O) groups excluding carboxylic acids is 2. The van der Waals surface area contributed by atoms with Crippen molar-refractivity contribution in [3.05, 3.63) is 77.1 Å². The minimum atomic E-state index is 0.0405. The fourth-order valence-corrected chi connectivity index (χ4v) is 4.01. The molecule has 0 bridgehead atoms. The van der Waals surface area contributed by atoms with Gasteiger partial charge in [0, 0.05) is 37.4 Å². The number of hydrogen-bond donors (Lipinski definition) is 0. The van der Waals surface area contributed by atoms with Crippen molar-refractivity contribution in [2.75, 3.05) is 31.1 Å². The number of ketones is 1. The quantitative estimate of drug-likeness (QED) is 0.625. The van der Waals surface area contributed by atoms with Gasteiger partial charge in [-0.15, -0.1) is 0 Å². The number of amides is 1. The van der Waals surface area contributed by atoms with Gasteiger partial charge < -0.3 is 9.80 Å². The van der Waals surface area contributed by atoms with Crippen LogP contribution >= 0.6 is 0 Å². The molecule has 1 saturated heterocycles. The Bertz CT molecular complexity index is 1060. The highest BCUT2D eigenvalue weighted by Crippen LogP contribution is 2.22. The van der Waals surface area contributed by atoms with Crippen molar-refractivity contribution in [2.24, 2.45) is 0 Å². The Labute approximate surface area is 176 Å². The third-order valence-corrected chi connectivity index (χ3v) is 5.71. The van der Waals surface area contributed by atoms with Crippen LogP contribution in [0.3, 0.4) is 0 Å². The van der Waals surface area contributed by atoms with Gasteiger partial charge in [-0.25, -0.2) is 4.68 Å². The molecule has 4 rings (SSSR count). The number of aryl methyl sites for hydroxylation is 1. The van der Waals surface area contributed by atoms with E-state index in [-0.39, 0.29) is 11.7 Å². The molecular weight excluding hydrogens is 376 g/mol. The van der Waals surface area contributed by atoms with Crippen molar-refractivity contribution in [1.82, 2.24) is 14.7 Å². The molecule has 1 fully saturated rings. The average Bonchev–Trinajstić information content (AvgIpc) is 3.08. The van der Waals surface area contributed by atoms with Gasteiger partial charge in [0.05, 0.1) is 22.6 Å².